The van der Waals surface area contributed by atoms with Crippen molar-refractivity contribution < 1.29 is 22.9 Å². The summed E-state index contributed by atoms with van der Waals surface area (Å²) in [6.45, 7) is 1.30. The van der Waals surface area contributed by atoms with Crippen molar-refractivity contribution in [1.82, 2.24) is 0 Å². The van der Waals surface area contributed by atoms with Crippen LogP contribution in [0.3, 0.4) is 0 Å². The monoisotopic (exact) mass is 416 g/mol. The Morgan fingerprint density at radius 1 is 1.42 bits per heavy atom. The van der Waals surface area contributed by atoms with Gasteiger partial charge in [0.05, 0.1) is 21.8 Å². The largest absolute Gasteiger partial charge is 0.466 e. The van der Waals surface area contributed by atoms with Crippen molar-refractivity contribution in [3.63, 3.8) is 0 Å². The highest BCUT2D eigenvalue weighted by Crippen LogP contribution is 2.38. The van der Waals surface area contributed by atoms with E-state index in [-0.39, 0.29) is 29.0 Å². The summed E-state index contributed by atoms with van der Waals surface area (Å²) in [6.07, 6.45) is 0.224. The van der Waals surface area contributed by atoms with Crippen molar-refractivity contribution in [1.29, 1.82) is 0 Å². The minimum absolute atomic E-state index is 0.0401. The Kier molecular flexibility index (Phi) is 5.21. The van der Waals surface area contributed by atoms with E-state index in [1.54, 1.807) is 6.07 Å². The SMILES string of the molecule is CC(=O)OCCc1cc(S(N)(=O)=O)c2c([N+](=O)[O-])cccc2c1Br. The van der Waals surface area contributed by atoms with Crippen molar-refractivity contribution >= 4 is 48.4 Å². The lowest BCUT2D eigenvalue weighted by Crippen LogP contribution is -2.14. The molecule has 0 unspecified atom stereocenters. The lowest BCUT2D eigenvalue weighted by molar-refractivity contribution is -0.383. The molecule has 128 valence electrons. The molecule has 0 spiro atoms. The Balaban J connectivity index is 2.75. The molecule has 24 heavy (non-hydrogen) atoms. The van der Waals surface area contributed by atoms with Gasteiger partial charge in [0.25, 0.3) is 5.69 Å². The van der Waals surface area contributed by atoms with Gasteiger partial charge in [-0.05, 0) is 27.6 Å². The third-order valence-electron chi connectivity index (χ3n) is 3.29. The first kappa shape index (κ1) is 18.3. The first-order chi connectivity index (χ1) is 11.1. The maximum atomic E-state index is 11.9. The Bertz CT molecular complexity index is 942. The molecule has 0 heterocycles. The van der Waals surface area contributed by atoms with Crippen molar-refractivity contribution in [3.05, 3.63) is 44.4 Å². The van der Waals surface area contributed by atoms with Gasteiger partial charge < -0.3 is 4.74 Å². The zero-order chi connectivity index (χ0) is 18.1. The van der Waals surface area contributed by atoms with Gasteiger partial charge in [-0.1, -0.05) is 12.1 Å². The van der Waals surface area contributed by atoms with Crippen LogP contribution in [0.25, 0.3) is 10.8 Å². The van der Waals surface area contributed by atoms with E-state index in [9.17, 15) is 23.3 Å². The molecule has 0 aliphatic carbocycles. The molecule has 0 amide bonds. The lowest BCUT2D eigenvalue weighted by Gasteiger charge is -2.12. The molecule has 0 aromatic heterocycles. The van der Waals surface area contributed by atoms with E-state index < -0.39 is 20.9 Å². The molecule has 0 saturated heterocycles. The van der Waals surface area contributed by atoms with Crippen LogP contribution in [0.2, 0.25) is 0 Å². The van der Waals surface area contributed by atoms with Crippen molar-refractivity contribution in [2.75, 3.05) is 6.61 Å². The van der Waals surface area contributed by atoms with Gasteiger partial charge in [-0.15, -0.1) is 0 Å². The summed E-state index contributed by atoms with van der Waals surface area (Å²) in [6, 6.07) is 5.48. The number of nitro groups is 1. The van der Waals surface area contributed by atoms with Gasteiger partial charge in [0.15, 0.2) is 0 Å². The molecule has 2 aromatic carbocycles. The van der Waals surface area contributed by atoms with Crippen LogP contribution in [0.1, 0.15) is 12.5 Å². The number of hydrogen-bond donors (Lipinski definition) is 1. The molecule has 2 rings (SSSR count). The van der Waals surface area contributed by atoms with Crippen LogP contribution >= 0.6 is 15.9 Å². The van der Waals surface area contributed by atoms with E-state index >= 15 is 0 Å². The number of hydrogen-bond acceptors (Lipinski definition) is 6. The summed E-state index contributed by atoms with van der Waals surface area (Å²) in [5, 5.41) is 16.8. The second kappa shape index (κ2) is 6.83. The molecular formula is C14H13BrN2O6S. The van der Waals surface area contributed by atoms with Crippen LogP contribution < -0.4 is 5.14 Å². The fourth-order valence-electron chi connectivity index (χ4n) is 2.31. The van der Waals surface area contributed by atoms with Crippen LogP contribution in [-0.4, -0.2) is 25.9 Å². The predicted molar refractivity (Wildman–Crippen MR) is 90.0 cm³/mol. The first-order valence-corrected chi connectivity index (χ1v) is 9.01. The van der Waals surface area contributed by atoms with Gasteiger partial charge in [-0.25, -0.2) is 13.6 Å². The molecule has 0 fully saturated rings. The summed E-state index contributed by atoms with van der Waals surface area (Å²) in [7, 11) is -4.20. The highest BCUT2D eigenvalue weighted by atomic mass is 79.9. The maximum absolute atomic E-state index is 11.9. The number of carbonyl (C=O) groups is 1. The van der Waals surface area contributed by atoms with E-state index in [4.69, 9.17) is 9.88 Å². The summed E-state index contributed by atoms with van der Waals surface area (Å²) in [5.41, 5.74) is 0.150. The van der Waals surface area contributed by atoms with E-state index in [0.29, 0.717) is 15.4 Å². The molecule has 0 aliphatic heterocycles. The zero-order valence-electron chi connectivity index (χ0n) is 12.5. The summed E-state index contributed by atoms with van der Waals surface area (Å²) >= 11 is 3.33. The fraction of sp³-hybridized carbons (Fsp3) is 0.214. The number of sulfonamides is 1. The molecule has 0 saturated carbocycles. The third-order valence-corrected chi connectivity index (χ3v) is 5.16. The highest BCUT2D eigenvalue weighted by molar-refractivity contribution is 9.10. The Hall–Kier alpha value is -2.04. The number of nitro benzene ring substituents is 1. The summed E-state index contributed by atoms with van der Waals surface area (Å²) in [4.78, 5) is 21.1. The predicted octanol–water partition coefficient (Wildman–Crippen LogP) is 2.26. The quantitative estimate of drug-likeness (QED) is 0.451. The van der Waals surface area contributed by atoms with E-state index in [0.717, 1.165) is 0 Å². The standard InChI is InChI=1S/C14H13BrN2O6S/c1-8(18)23-6-5-9-7-12(24(16,21)22)13-10(14(9)15)3-2-4-11(13)17(19)20/h2-4,7H,5-6H2,1H3,(H2,16,21,22). The molecule has 2 N–H and O–H groups in total. The maximum Gasteiger partial charge on any atom is 0.302 e. The van der Waals surface area contributed by atoms with Gasteiger partial charge in [0, 0.05) is 29.3 Å². The third kappa shape index (κ3) is 3.71. The number of esters is 1. The van der Waals surface area contributed by atoms with Crippen molar-refractivity contribution in [3.8, 4) is 0 Å². The molecule has 8 nitrogen and oxygen atoms in total. The number of non-ortho nitro benzene ring substituents is 1. The second-order valence-electron chi connectivity index (χ2n) is 4.94. The number of halogens is 1. The topological polar surface area (TPSA) is 130 Å². The molecule has 0 bridgehead atoms. The smallest absolute Gasteiger partial charge is 0.302 e. The van der Waals surface area contributed by atoms with Crippen LogP contribution in [0.5, 0.6) is 0 Å². The number of nitrogens with two attached hydrogens (primary N) is 1. The number of nitrogens with zero attached hydrogens (tertiary/aromatic N) is 1. The number of carbonyl (C=O) groups excluding carboxylic acids is 1. The molecule has 0 radical (unpaired) electrons. The van der Waals surface area contributed by atoms with E-state index in [1.807, 2.05) is 0 Å². The van der Waals surface area contributed by atoms with Crippen LogP contribution in [0.4, 0.5) is 5.69 Å². The van der Waals surface area contributed by atoms with Crippen LogP contribution in [0.15, 0.2) is 33.6 Å². The average Bonchev–Trinajstić information content (AvgIpc) is 2.47. The number of benzene rings is 2. The number of ether oxygens (including phenoxy) is 1. The van der Waals surface area contributed by atoms with Gasteiger partial charge in [0.2, 0.25) is 10.0 Å². The number of primary sulfonamides is 1. The molecule has 0 atom stereocenters. The molecule has 0 aliphatic rings. The van der Waals surface area contributed by atoms with Gasteiger partial charge in [-0.3, -0.25) is 14.9 Å². The van der Waals surface area contributed by atoms with E-state index in [2.05, 4.69) is 15.9 Å². The number of rotatable bonds is 5. The number of fused-ring (bicyclic) bond motifs is 1. The van der Waals surface area contributed by atoms with E-state index in [1.165, 1.54) is 25.1 Å². The Morgan fingerprint density at radius 3 is 2.62 bits per heavy atom. The average molecular weight is 417 g/mol. The zero-order valence-corrected chi connectivity index (χ0v) is 14.9. The summed E-state index contributed by atoms with van der Waals surface area (Å²) < 4.78 is 29.2. The van der Waals surface area contributed by atoms with Crippen LogP contribution in [0, 0.1) is 10.1 Å². The molecule has 10 heteroatoms. The van der Waals surface area contributed by atoms with Crippen LogP contribution in [-0.2, 0) is 26.0 Å². The minimum Gasteiger partial charge on any atom is -0.466 e. The van der Waals surface area contributed by atoms with Gasteiger partial charge in [-0.2, -0.15) is 0 Å². The Labute approximate surface area is 145 Å². The molecular weight excluding hydrogens is 404 g/mol. The van der Waals surface area contributed by atoms with Crippen molar-refractivity contribution in [2.45, 2.75) is 18.2 Å². The second-order valence-corrected chi connectivity index (χ2v) is 7.26. The molecule has 2 aromatic rings. The summed E-state index contributed by atoms with van der Waals surface area (Å²) in [5.74, 6) is -0.464. The van der Waals surface area contributed by atoms with Crippen molar-refractivity contribution in [2.24, 2.45) is 5.14 Å². The van der Waals surface area contributed by atoms with Gasteiger partial charge >= 0.3 is 5.97 Å². The Morgan fingerprint density at radius 2 is 2.08 bits per heavy atom. The van der Waals surface area contributed by atoms with Gasteiger partial charge in [0.1, 0.15) is 0 Å². The fourth-order valence-corrected chi connectivity index (χ4v) is 3.76. The lowest BCUT2D eigenvalue weighted by atomic mass is 10.0. The normalized spacial score (nSPS) is 11.5. The highest BCUT2D eigenvalue weighted by Gasteiger charge is 2.24. The minimum atomic E-state index is -4.20. The first-order valence-electron chi connectivity index (χ1n) is 6.67.